The summed E-state index contributed by atoms with van der Waals surface area (Å²) in [6, 6.07) is 16.0. The van der Waals surface area contributed by atoms with E-state index >= 15 is 0 Å². The number of amides is 1. The molecule has 0 aromatic heterocycles. The molecule has 0 fully saturated rings. The van der Waals surface area contributed by atoms with Crippen LogP contribution >= 0.6 is 34.4 Å². The molecule has 1 amide bonds. The second kappa shape index (κ2) is 7.13. The van der Waals surface area contributed by atoms with Crippen LogP contribution in [0.5, 0.6) is 0 Å². The first-order chi connectivity index (χ1) is 9.56. The van der Waals surface area contributed by atoms with Crippen molar-refractivity contribution in [2.24, 2.45) is 0 Å². The van der Waals surface area contributed by atoms with E-state index in [0.717, 1.165) is 16.1 Å². The molecule has 0 radical (unpaired) electrons. The quantitative estimate of drug-likeness (QED) is 0.598. The highest BCUT2D eigenvalue weighted by Crippen LogP contribution is 2.24. The summed E-state index contributed by atoms with van der Waals surface area (Å²) in [5.74, 6) is 0.0307. The Balaban J connectivity index is 2.01. The van der Waals surface area contributed by atoms with Gasteiger partial charge in [-0.1, -0.05) is 18.2 Å². The number of anilines is 1. The van der Waals surface area contributed by atoms with Gasteiger partial charge in [-0.3, -0.25) is 4.79 Å². The number of rotatable bonds is 4. The Kier molecular flexibility index (Phi) is 5.48. The van der Waals surface area contributed by atoms with Crippen LogP contribution in [0.25, 0.3) is 0 Å². The lowest BCUT2D eigenvalue weighted by Gasteiger charge is -2.13. The predicted octanol–water partition coefficient (Wildman–Crippen LogP) is 4.72. The van der Waals surface area contributed by atoms with Gasteiger partial charge in [0.25, 0.3) is 0 Å². The molecule has 0 aliphatic carbocycles. The first-order valence-electron chi connectivity index (χ1n) is 6.35. The van der Waals surface area contributed by atoms with Gasteiger partial charge in [-0.15, -0.1) is 11.8 Å². The lowest BCUT2D eigenvalue weighted by Crippen LogP contribution is -2.22. The molecule has 0 saturated heterocycles. The molecule has 0 saturated carbocycles. The van der Waals surface area contributed by atoms with Gasteiger partial charge in [-0.25, -0.2) is 0 Å². The number of carbonyl (C=O) groups is 1. The summed E-state index contributed by atoms with van der Waals surface area (Å²) in [6.45, 7) is 3.93. The van der Waals surface area contributed by atoms with Crippen molar-refractivity contribution in [3.8, 4) is 0 Å². The van der Waals surface area contributed by atoms with Gasteiger partial charge < -0.3 is 5.32 Å². The molecule has 2 aromatic carbocycles. The zero-order valence-electron chi connectivity index (χ0n) is 11.4. The van der Waals surface area contributed by atoms with Gasteiger partial charge in [-0.05, 0) is 72.3 Å². The zero-order valence-corrected chi connectivity index (χ0v) is 14.4. The van der Waals surface area contributed by atoms with Crippen LogP contribution < -0.4 is 5.32 Å². The minimum absolute atomic E-state index is 0.0307. The third-order valence-electron chi connectivity index (χ3n) is 2.87. The van der Waals surface area contributed by atoms with E-state index in [2.05, 4.69) is 34.0 Å². The van der Waals surface area contributed by atoms with E-state index in [-0.39, 0.29) is 11.2 Å². The fourth-order valence-electron chi connectivity index (χ4n) is 1.76. The van der Waals surface area contributed by atoms with Crippen LogP contribution in [-0.2, 0) is 4.79 Å². The van der Waals surface area contributed by atoms with Crippen molar-refractivity contribution in [1.29, 1.82) is 0 Å². The Hall–Kier alpha value is -1.01. The first-order valence-corrected chi connectivity index (χ1v) is 8.31. The molecule has 20 heavy (non-hydrogen) atoms. The third kappa shape index (κ3) is 4.24. The highest BCUT2D eigenvalue weighted by atomic mass is 127. The summed E-state index contributed by atoms with van der Waals surface area (Å²) in [4.78, 5) is 13.3. The maximum Gasteiger partial charge on any atom is 0.237 e. The lowest BCUT2D eigenvalue weighted by atomic mass is 10.2. The van der Waals surface area contributed by atoms with Crippen LogP contribution in [-0.4, -0.2) is 11.2 Å². The average molecular weight is 397 g/mol. The average Bonchev–Trinajstić information content (AvgIpc) is 2.43. The van der Waals surface area contributed by atoms with Crippen molar-refractivity contribution < 1.29 is 4.79 Å². The molecule has 0 spiro atoms. The van der Waals surface area contributed by atoms with Crippen molar-refractivity contribution in [3.05, 3.63) is 57.7 Å². The number of halogens is 1. The minimum atomic E-state index is -0.129. The van der Waals surface area contributed by atoms with Crippen molar-refractivity contribution >= 4 is 45.9 Å². The molecule has 0 aliphatic heterocycles. The summed E-state index contributed by atoms with van der Waals surface area (Å²) in [5.41, 5.74) is 1.97. The first kappa shape index (κ1) is 15.4. The Bertz CT molecular complexity index is 601. The highest BCUT2D eigenvalue weighted by Gasteiger charge is 2.15. The van der Waals surface area contributed by atoms with Gasteiger partial charge in [-0.2, -0.15) is 0 Å². The van der Waals surface area contributed by atoms with Gasteiger partial charge in [0.2, 0.25) is 5.91 Å². The predicted molar refractivity (Wildman–Crippen MR) is 94.3 cm³/mol. The van der Waals surface area contributed by atoms with E-state index < -0.39 is 0 Å². The molecule has 4 heteroatoms. The Morgan fingerprint density at radius 3 is 2.55 bits per heavy atom. The molecule has 2 rings (SSSR count). The van der Waals surface area contributed by atoms with Gasteiger partial charge >= 0.3 is 0 Å². The molecular weight excluding hydrogens is 381 g/mol. The Morgan fingerprint density at radius 2 is 1.90 bits per heavy atom. The molecule has 1 N–H and O–H groups in total. The van der Waals surface area contributed by atoms with Crippen LogP contribution in [0, 0.1) is 10.5 Å². The molecule has 1 atom stereocenters. The molecule has 0 aliphatic rings. The maximum absolute atomic E-state index is 12.2. The monoisotopic (exact) mass is 397 g/mol. The molecular formula is C16H16INOS. The fraction of sp³-hybridized carbons (Fsp3) is 0.188. The number of aryl methyl sites for hydroxylation is 1. The summed E-state index contributed by atoms with van der Waals surface area (Å²) in [7, 11) is 0. The minimum Gasteiger partial charge on any atom is -0.325 e. The van der Waals surface area contributed by atoms with Crippen molar-refractivity contribution in [1.82, 2.24) is 0 Å². The number of hydrogen-bond acceptors (Lipinski definition) is 2. The number of carbonyl (C=O) groups excluding carboxylic acids is 1. The van der Waals surface area contributed by atoms with E-state index in [4.69, 9.17) is 0 Å². The van der Waals surface area contributed by atoms with E-state index in [0.29, 0.717) is 0 Å². The Morgan fingerprint density at radius 1 is 1.20 bits per heavy atom. The summed E-state index contributed by atoms with van der Waals surface area (Å²) in [6.07, 6.45) is 0. The van der Waals surface area contributed by atoms with Crippen LogP contribution in [0.15, 0.2) is 53.4 Å². The van der Waals surface area contributed by atoms with Gasteiger partial charge in [0.1, 0.15) is 0 Å². The maximum atomic E-state index is 12.2. The number of hydrogen-bond donors (Lipinski definition) is 1. The Labute approximate surface area is 137 Å². The summed E-state index contributed by atoms with van der Waals surface area (Å²) in [5, 5.41) is 2.87. The summed E-state index contributed by atoms with van der Waals surface area (Å²) >= 11 is 3.83. The van der Waals surface area contributed by atoms with E-state index in [9.17, 15) is 4.79 Å². The number of benzene rings is 2. The molecule has 0 heterocycles. The SMILES string of the molecule is Cc1cc(I)ccc1NC(=O)C(C)Sc1ccccc1. The van der Waals surface area contributed by atoms with Crippen molar-refractivity contribution in [2.45, 2.75) is 24.0 Å². The third-order valence-corrected chi connectivity index (χ3v) is 4.65. The van der Waals surface area contributed by atoms with E-state index in [1.54, 1.807) is 11.8 Å². The van der Waals surface area contributed by atoms with Crippen LogP contribution in [0.4, 0.5) is 5.69 Å². The standard InChI is InChI=1S/C16H16INOS/c1-11-10-13(17)8-9-15(11)18-16(19)12(2)20-14-6-4-3-5-7-14/h3-10,12H,1-2H3,(H,18,19). The molecule has 104 valence electrons. The highest BCUT2D eigenvalue weighted by molar-refractivity contribution is 14.1. The largest absolute Gasteiger partial charge is 0.325 e. The normalized spacial score (nSPS) is 11.9. The molecule has 0 bridgehead atoms. The van der Waals surface area contributed by atoms with Crippen molar-refractivity contribution in [2.75, 3.05) is 5.32 Å². The lowest BCUT2D eigenvalue weighted by molar-refractivity contribution is -0.115. The topological polar surface area (TPSA) is 29.1 Å². The smallest absolute Gasteiger partial charge is 0.237 e. The molecule has 2 nitrogen and oxygen atoms in total. The molecule has 1 unspecified atom stereocenters. The van der Waals surface area contributed by atoms with E-state index in [1.165, 1.54) is 3.57 Å². The van der Waals surface area contributed by atoms with Crippen LogP contribution in [0.3, 0.4) is 0 Å². The molecule has 2 aromatic rings. The van der Waals surface area contributed by atoms with E-state index in [1.807, 2.05) is 56.3 Å². The number of nitrogens with one attached hydrogen (secondary N) is 1. The van der Waals surface area contributed by atoms with Gasteiger partial charge in [0.15, 0.2) is 0 Å². The van der Waals surface area contributed by atoms with Crippen LogP contribution in [0.2, 0.25) is 0 Å². The van der Waals surface area contributed by atoms with Gasteiger partial charge in [0, 0.05) is 14.2 Å². The summed E-state index contributed by atoms with van der Waals surface area (Å²) < 4.78 is 1.17. The number of thioether (sulfide) groups is 1. The second-order valence-corrected chi connectivity index (χ2v) is 7.18. The van der Waals surface area contributed by atoms with Gasteiger partial charge in [0.05, 0.1) is 5.25 Å². The van der Waals surface area contributed by atoms with Crippen LogP contribution in [0.1, 0.15) is 12.5 Å². The fourth-order valence-corrected chi connectivity index (χ4v) is 3.29. The van der Waals surface area contributed by atoms with Crippen molar-refractivity contribution in [3.63, 3.8) is 0 Å². The second-order valence-electron chi connectivity index (χ2n) is 4.52. The zero-order chi connectivity index (χ0) is 14.5.